The van der Waals surface area contributed by atoms with Crippen molar-refractivity contribution in [3.05, 3.63) is 91.2 Å². The summed E-state index contributed by atoms with van der Waals surface area (Å²) in [6.07, 6.45) is 7.86. The van der Waals surface area contributed by atoms with E-state index in [1.54, 1.807) is 35.8 Å². The average Bonchev–Trinajstić information content (AvgIpc) is 3.44. The molecule has 1 atom stereocenters. The fourth-order valence-corrected chi connectivity index (χ4v) is 5.85. The Labute approximate surface area is 269 Å². The second kappa shape index (κ2) is 13.1. The normalized spacial score (nSPS) is 15.3. The first-order valence-electron chi connectivity index (χ1n) is 15.0. The lowest BCUT2D eigenvalue weighted by Gasteiger charge is -2.31. The SMILES string of the molecule is C=CC(=O)N1CCN=C(/C=C(\N)c2nc(-c3ccc4c(c3)ncn4C)c3cnccc3c2-c2c(F)cc(F)cc2OCCOC)[C@H]1C. The fourth-order valence-electron chi connectivity index (χ4n) is 5.85. The van der Waals surface area contributed by atoms with E-state index in [2.05, 4.69) is 21.5 Å². The summed E-state index contributed by atoms with van der Waals surface area (Å²) in [7, 11) is 3.41. The quantitative estimate of drug-likeness (QED) is 0.172. The molecule has 0 unspecified atom stereocenters. The number of nitrogens with zero attached hydrogens (tertiary/aromatic N) is 6. The van der Waals surface area contributed by atoms with Crippen LogP contribution in [0.3, 0.4) is 0 Å². The molecule has 4 heterocycles. The summed E-state index contributed by atoms with van der Waals surface area (Å²) < 4.78 is 43.6. The van der Waals surface area contributed by atoms with Crippen molar-refractivity contribution in [1.82, 2.24) is 24.4 Å². The Morgan fingerprint density at radius 1 is 1.15 bits per heavy atom. The Hall–Kier alpha value is -5.49. The first kappa shape index (κ1) is 31.5. The molecule has 2 aromatic carbocycles. The molecule has 12 heteroatoms. The number of fused-ring (bicyclic) bond motifs is 2. The fraction of sp³-hybridized carbons (Fsp3) is 0.229. The van der Waals surface area contributed by atoms with Crippen molar-refractivity contribution in [1.29, 1.82) is 0 Å². The molecule has 0 aliphatic carbocycles. The first-order chi connectivity index (χ1) is 22.7. The van der Waals surface area contributed by atoms with Crippen molar-refractivity contribution in [2.24, 2.45) is 17.8 Å². The van der Waals surface area contributed by atoms with Crippen LogP contribution < -0.4 is 10.5 Å². The molecule has 2 N–H and O–H groups in total. The van der Waals surface area contributed by atoms with Gasteiger partial charge >= 0.3 is 0 Å². The van der Waals surface area contributed by atoms with Gasteiger partial charge in [-0.3, -0.25) is 14.8 Å². The van der Waals surface area contributed by atoms with Crippen LogP contribution in [0.1, 0.15) is 12.6 Å². The molecule has 1 aliphatic heterocycles. The Morgan fingerprint density at radius 2 is 1.98 bits per heavy atom. The molecule has 47 heavy (non-hydrogen) atoms. The third-order valence-electron chi connectivity index (χ3n) is 8.18. The van der Waals surface area contributed by atoms with Crippen LogP contribution in [0.5, 0.6) is 5.75 Å². The maximum absolute atomic E-state index is 16.0. The molecule has 0 bridgehead atoms. The van der Waals surface area contributed by atoms with E-state index in [0.717, 1.165) is 28.7 Å². The number of hydrogen-bond acceptors (Lipinski definition) is 8. The van der Waals surface area contributed by atoms with E-state index in [9.17, 15) is 9.18 Å². The maximum atomic E-state index is 16.0. The van der Waals surface area contributed by atoms with Crippen LogP contribution in [0.15, 0.2) is 78.8 Å². The molecule has 10 nitrogen and oxygen atoms in total. The molecule has 0 saturated carbocycles. The number of amides is 1. The van der Waals surface area contributed by atoms with Crippen molar-refractivity contribution in [2.75, 3.05) is 33.4 Å². The number of carbonyl (C=O) groups excluding carboxylic acids is 1. The van der Waals surface area contributed by atoms with Gasteiger partial charge in [0, 0.05) is 61.7 Å². The van der Waals surface area contributed by atoms with Crippen molar-refractivity contribution >= 4 is 39.1 Å². The molecule has 1 aliphatic rings. The van der Waals surface area contributed by atoms with Gasteiger partial charge in [-0.15, -0.1) is 0 Å². The topological polar surface area (TPSA) is 121 Å². The highest BCUT2D eigenvalue weighted by Crippen LogP contribution is 2.43. The van der Waals surface area contributed by atoms with Crippen LogP contribution in [0.4, 0.5) is 8.78 Å². The Kier molecular flexibility index (Phi) is 8.77. The number of carbonyl (C=O) groups is 1. The zero-order valence-electron chi connectivity index (χ0n) is 26.2. The van der Waals surface area contributed by atoms with E-state index in [0.29, 0.717) is 35.3 Å². The van der Waals surface area contributed by atoms with Gasteiger partial charge in [0.1, 0.15) is 24.0 Å². The van der Waals surface area contributed by atoms with Gasteiger partial charge in [0.2, 0.25) is 5.91 Å². The number of ether oxygens (including phenoxy) is 2. The third kappa shape index (κ3) is 5.95. The van der Waals surface area contributed by atoms with Crippen LogP contribution in [0.2, 0.25) is 0 Å². The summed E-state index contributed by atoms with van der Waals surface area (Å²) in [5.74, 6) is -1.94. The Morgan fingerprint density at radius 3 is 2.77 bits per heavy atom. The second-order valence-corrected chi connectivity index (χ2v) is 11.1. The van der Waals surface area contributed by atoms with E-state index in [-0.39, 0.29) is 47.4 Å². The van der Waals surface area contributed by atoms with Gasteiger partial charge in [0.25, 0.3) is 0 Å². The standard InChI is InChI=1S/C35H33F2N7O3/c1-5-31(45)44-11-10-40-27(20(44)2)17-26(38)35-32(33-25(37)15-22(36)16-30(33)47-13-12-46-4)23-8-9-39-18-24(23)34(42-35)21-6-7-29-28(14-21)41-19-43(29)3/h5-9,14-20H,1,10-13,38H2,2-4H3/b26-17-/t20-/m1/s1. The zero-order chi connectivity index (χ0) is 33.2. The predicted octanol–water partition coefficient (Wildman–Crippen LogP) is 5.31. The van der Waals surface area contributed by atoms with Gasteiger partial charge in [-0.05, 0) is 42.7 Å². The number of imidazole rings is 1. The number of pyridine rings is 2. The van der Waals surface area contributed by atoms with Crippen LogP contribution in [0.25, 0.3) is 49.9 Å². The predicted molar refractivity (Wildman–Crippen MR) is 178 cm³/mol. The lowest BCUT2D eigenvalue weighted by atomic mass is 9.92. The van der Waals surface area contributed by atoms with Gasteiger partial charge in [0.15, 0.2) is 0 Å². The largest absolute Gasteiger partial charge is 0.490 e. The minimum atomic E-state index is -0.861. The molecule has 5 aromatic rings. The summed E-state index contributed by atoms with van der Waals surface area (Å²) in [6.45, 7) is 6.50. The van der Waals surface area contributed by atoms with Gasteiger partial charge in [0.05, 0.1) is 64.9 Å². The third-order valence-corrected chi connectivity index (χ3v) is 8.18. The van der Waals surface area contributed by atoms with Crippen molar-refractivity contribution in [3.63, 3.8) is 0 Å². The molecule has 240 valence electrons. The summed E-state index contributed by atoms with van der Waals surface area (Å²) >= 11 is 0. The van der Waals surface area contributed by atoms with Crippen LogP contribution in [0, 0.1) is 11.6 Å². The van der Waals surface area contributed by atoms with E-state index < -0.39 is 17.7 Å². The van der Waals surface area contributed by atoms with Crippen molar-refractivity contribution in [3.8, 4) is 28.1 Å². The number of nitrogens with two attached hydrogens (primary N) is 1. The highest BCUT2D eigenvalue weighted by Gasteiger charge is 2.28. The average molecular weight is 638 g/mol. The van der Waals surface area contributed by atoms with Crippen LogP contribution in [-0.2, 0) is 16.6 Å². The van der Waals surface area contributed by atoms with Gasteiger partial charge in [-0.25, -0.2) is 18.7 Å². The summed E-state index contributed by atoms with van der Waals surface area (Å²) in [5.41, 5.74) is 11.0. The summed E-state index contributed by atoms with van der Waals surface area (Å²) in [6, 6.07) is 9.02. The molecule has 0 spiro atoms. The molecular formula is C35H33F2N7O3. The molecule has 0 fully saturated rings. The molecule has 1 amide bonds. The van der Waals surface area contributed by atoms with Gasteiger partial charge < -0.3 is 24.7 Å². The van der Waals surface area contributed by atoms with E-state index in [1.807, 2.05) is 36.7 Å². The smallest absolute Gasteiger partial charge is 0.246 e. The molecule has 3 aromatic heterocycles. The summed E-state index contributed by atoms with van der Waals surface area (Å²) in [4.78, 5) is 32.8. The number of benzene rings is 2. The monoisotopic (exact) mass is 637 g/mol. The number of rotatable bonds is 9. The number of aryl methyl sites for hydroxylation is 1. The van der Waals surface area contributed by atoms with Crippen LogP contribution >= 0.6 is 0 Å². The first-order valence-corrected chi connectivity index (χ1v) is 15.0. The van der Waals surface area contributed by atoms with E-state index >= 15 is 4.39 Å². The minimum absolute atomic E-state index is 0.0219. The highest BCUT2D eigenvalue weighted by molar-refractivity contribution is 6.11. The molecule has 0 saturated heterocycles. The molecule has 0 radical (unpaired) electrons. The maximum Gasteiger partial charge on any atom is 0.246 e. The number of halogens is 2. The lowest BCUT2D eigenvalue weighted by molar-refractivity contribution is -0.126. The second-order valence-electron chi connectivity index (χ2n) is 11.1. The number of aromatic nitrogens is 4. The highest BCUT2D eigenvalue weighted by atomic mass is 19.1. The van der Waals surface area contributed by atoms with Crippen molar-refractivity contribution < 1.29 is 23.0 Å². The van der Waals surface area contributed by atoms with E-state index in [4.69, 9.17) is 20.2 Å². The summed E-state index contributed by atoms with van der Waals surface area (Å²) in [5, 5.41) is 1.16. The Balaban J connectivity index is 1.64. The number of aliphatic imine (C=N–C) groups is 1. The lowest BCUT2D eigenvalue weighted by Crippen LogP contribution is -2.46. The Bertz CT molecular complexity index is 2090. The van der Waals surface area contributed by atoms with Gasteiger partial charge in [-0.2, -0.15) is 0 Å². The molecule has 6 rings (SSSR count). The zero-order valence-corrected chi connectivity index (χ0v) is 26.2. The molecular weight excluding hydrogens is 604 g/mol. The van der Waals surface area contributed by atoms with E-state index in [1.165, 1.54) is 13.2 Å². The number of hydrogen-bond donors (Lipinski definition) is 1. The number of methoxy groups -OCH3 is 1. The van der Waals surface area contributed by atoms with Gasteiger partial charge in [-0.1, -0.05) is 12.6 Å². The van der Waals surface area contributed by atoms with Crippen LogP contribution in [-0.4, -0.2) is 75.5 Å². The van der Waals surface area contributed by atoms with Crippen molar-refractivity contribution in [2.45, 2.75) is 13.0 Å². The minimum Gasteiger partial charge on any atom is -0.490 e.